The highest BCUT2D eigenvalue weighted by molar-refractivity contribution is 5.44. The van der Waals surface area contributed by atoms with Crippen LogP contribution in [-0.4, -0.2) is 23.7 Å². The van der Waals surface area contributed by atoms with Crippen molar-refractivity contribution in [3.8, 4) is 0 Å². The second kappa shape index (κ2) is 4.77. The number of aliphatic hydroxyl groups excluding tert-OH is 1. The molecule has 0 fully saturated rings. The minimum atomic E-state index is -0.506. The minimum Gasteiger partial charge on any atom is -0.387 e. The van der Waals surface area contributed by atoms with E-state index in [0.29, 0.717) is 5.69 Å². The number of anilines is 1. The van der Waals surface area contributed by atoms with Crippen LogP contribution in [0.4, 0.5) is 5.69 Å². The van der Waals surface area contributed by atoms with Gasteiger partial charge >= 0.3 is 0 Å². The average Bonchev–Trinajstić information content (AvgIpc) is 2.18. The number of likely N-dealkylation sites (N-methyl/N-ethyl adjacent to an activating group) is 1. The normalized spacial score (nSPS) is 12.2. The van der Waals surface area contributed by atoms with Crippen LogP contribution in [0.5, 0.6) is 0 Å². The summed E-state index contributed by atoms with van der Waals surface area (Å²) in [5.74, 6) is 0. The minimum absolute atomic E-state index is 0.506. The number of rotatable bonds is 4. The molecule has 1 N–H and O–H groups in total. The van der Waals surface area contributed by atoms with E-state index in [1.165, 1.54) is 0 Å². The predicted molar refractivity (Wildman–Crippen MR) is 58.3 cm³/mol. The molecule has 1 heterocycles. The molecular weight excluding hydrogens is 176 g/mol. The maximum Gasteiger partial charge on any atom is 0.0931 e. The van der Waals surface area contributed by atoms with Crippen molar-refractivity contribution in [2.24, 2.45) is 0 Å². The van der Waals surface area contributed by atoms with Gasteiger partial charge in [-0.25, -0.2) is 0 Å². The number of aliphatic hydroxyl groups is 1. The zero-order valence-electron chi connectivity index (χ0n) is 8.64. The van der Waals surface area contributed by atoms with Crippen LogP contribution < -0.4 is 4.90 Å². The lowest BCUT2D eigenvalue weighted by Gasteiger charge is -2.16. The van der Waals surface area contributed by atoms with Crippen LogP contribution in [0.25, 0.3) is 0 Å². The van der Waals surface area contributed by atoms with Gasteiger partial charge in [-0.3, -0.25) is 4.98 Å². The van der Waals surface area contributed by atoms with Crippen LogP contribution in [-0.2, 0) is 0 Å². The van der Waals surface area contributed by atoms with E-state index in [-0.39, 0.29) is 0 Å². The molecule has 1 unspecified atom stereocenters. The summed E-state index contributed by atoms with van der Waals surface area (Å²) in [4.78, 5) is 6.19. The molecule has 0 saturated carbocycles. The first kappa shape index (κ1) is 10.7. The molecule has 0 aliphatic carbocycles. The fraction of sp³-hybridized carbons (Fsp3) is 0.364. The van der Waals surface area contributed by atoms with Crippen molar-refractivity contribution in [3.05, 3.63) is 36.7 Å². The molecule has 0 saturated heterocycles. The molecule has 0 aliphatic rings. The Morgan fingerprint density at radius 2 is 2.36 bits per heavy atom. The quantitative estimate of drug-likeness (QED) is 0.738. The smallest absolute Gasteiger partial charge is 0.0931 e. The van der Waals surface area contributed by atoms with E-state index in [4.69, 9.17) is 0 Å². The first-order valence-corrected chi connectivity index (χ1v) is 4.61. The van der Waals surface area contributed by atoms with E-state index < -0.39 is 6.10 Å². The lowest BCUT2D eigenvalue weighted by molar-refractivity contribution is 0.194. The van der Waals surface area contributed by atoms with Gasteiger partial charge in [-0.1, -0.05) is 6.08 Å². The van der Waals surface area contributed by atoms with Gasteiger partial charge in [0.25, 0.3) is 0 Å². The van der Waals surface area contributed by atoms with E-state index in [0.717, 1.165) is 12.2 Å². The largest absolute Gasteiger partial charge is 0.387 e. The van der Waals surface area contributed by atoms with Crippen molar-refractivity contribution in [2.75, 3.05) is 18.5 Å². The third-order valence-electron chi connectivity index (χ3n) is 2.04. The molecule has 1 aromatic heterocycles. The van der Waals surface area contributed by atoms with Gasteiger partial charge in [0.2, 0.25) is 0 Å². The van der Waals surface area contributed by atoms with Crippen molar-refractivity contribution in [3.63, 3.8) is 0 Å². The molecule has 1 atom stereocenters. The van der Waals surface area contributed by atoms with Gasteiger partial charge in [0, 0.05) is 13.6 Å². The molecule has 0 bridgehead atoms. The van der Waals surface area contributed by atoms with E-state index >= 15 is 0 Å². The van der Waals surface area contributed by atoms with Gasteiger partial charge in [-0.15, -0.1) is 6.58 Å². The van der Waals surface area contributed by atoms with Crippen molar-refractivity contribution < 1.29 is 5.11 Å². The highest BCUT2D eigenvalue weighted by atomic mass is 16.3. The van der Waals surface area contributed by atoms with Gasteiger partial charge in [-0.05, 0) is 19.1 Å². The summed E-state index contributed by atoms with van der Waals surface area (Å²) in [6.45, 7) is 6.16. The molecular formula is C11H16N2O. The molecule has 3 heteroatoms. The van der Waals surface area contributed by atoms with E-state index in [1.54, 1.807) is 13.1 Å². The Bertz CT molecular complexity index is 293. The maximum atomic E-state index is 9.26. The van der Waals surface area contributed by atoms with Gasteiger partial charge in [-0.2, -0.15) is 0 Å². The molecule has 14 heavy (non-hydrogen) atoms. The van der Waals surface area contributed by atoms with Crippen molar-refractivity contribution in [1.29, 1.82) is 0 Å². The summed E-state index contributed by atoms with van der Waals surface area (Å²) in [6.07, 6.45) is 3.09. The molecule has 0 amide bonds. The van der Waals surface area contributed by atoms with Crippen LogP contribution in [0.1, 0.15) is 18.7 Å². The maximum absolute atomic E-state index is 9.26. The van der Waals surface area contributed by atoms with Crippen molar-refractivity contribution in [2.45, 2.75) is 13.0 Å². The molecule has 1 rings (SSSR count). The van der Waals surface area contributed by atoms with Crippen molar-refractivity contribution in [1.82, 2.24) is 4.98 Å². The Morgan fingerprint density at radius 3 is 2.79 bits per heavy atom. The van der Waals surface area contributed by atoms with Crippen LogP contribution in [0.3, 0.4) is 0 Å². The number of nitrogens with zero attached hydrogens (tertiary/aromatic N) is 2. The van der Waals surface area contributed by atoms with E-state index in [1.807, 2.05) is 30.2 Å². The second-order valence-corrected chi connectivity index (χ2v) is 3.29. The molecule has 0 aliphatic heterocycles. The van der Waals surface area contributed by atoms with E-state index in [2.05, 4.69) is 11.6 Å². The van der Waals surface area contributed by atoms with Crippen LogP contribution in [0.2, 0.25) is 0 Å². The highest BCUT2D eigenvalue weighted by Gasteiger charge is 2.03. The number of hydrogen-bond donors (Lipinski definition) is 1. The monoisotopic (exact) mass is 192 g/mol. The van der Waals surface area contributed by atoms with Crippen LogP contribution >= 0.6 is 0 Å². The zero-order valence-corrected chi connectivity index (χ0v) is 8.64. The molecule has 3 nitrogen and oxygen atoms in total. The summed E-state index contributed by atoms with van der Waals surface area (Å²) < 4.78 is 0. The van der Waals surface area contributed by atoms with Gasteiger partial charge in [0.15, 0.2) is 0 Å². The molecule has 0 radical (unpaired) electrons. The summed E-state index contributed by atoms with van der Waals surface area (Å²) in [5.41, 5.74) is 1.72. The Labute approximate surface area is 84.7 Å². The molecule has 0 aromatic carbocycles. The van der Waals surface area contributed by atoms with Crippen LogP contribution in [0.15, 0.2) is 31.0 Å². The topological polar surface area (TPSA) is 36.4 Å². The lowest BCUT2D eigenvalue weighted by Crippen LogP contribution is -2.16. The highest BCUT2D eigenvalue weighted by Crippen LogP contribution is 2.14. The number of aromatic nitrogens is 1. The number of hydrogen-bond acceptors (Lipinski definition) is 3. The van der Waals surface area contributed by atoms with E-state index in [9.17, 15) is 5.11 Å². The Hall–Kier alpha value is -1.35. The standard InChI is InChI=1S/C11H16N2O/c1-4-7-13(3)10-5-6-11(9(2)14)12-8-10/h4-6,8-9,14H,1,7H2,2-3H3. The van der Waals surface area contributed by atoms with Crippen molar-refractivity contribution >= 4 is 5.69 Å². The molecule has 1 aromatic rings. The zero-order chi connectivity index (χ0) is 10.6. The Kier molecular flexibility index (Phi) is 3.65. The first-order valence-electron chi connectivity index (χ1n) is 4.61. The first-order chi connectivity index (χ1) is 6.65. The summed E-state index contributed by atoms with van der Waals surface area (Å²) in [6, 6.07) is 3.78. The fourth-order valence-corrected chi connectivity index (χ4v) is 1.17. The number of pyridine rings is 1. The van der Waals surface area contributed by atoms with Gasteiger partial charge < -0.3 is 10.0 Å². The fourth-order valence-electron chi connectivity index (χ4n) is 1.17. The van der Waals surface area contributed by atoms with Gasteiger partial charge in [0.05, 0.1) is 23.7 Å². The Morgan fingerprint density at radius 1 is 1.64 bits per heavy atom. The molecule has 0 spiro atoms. The van der Waals surface area contributed by atoms with Crippen LogP contribution in [0, 0.1) is 0 Å². The lowest BCUT2D eigenvalue weighted by atomic mass is 10.2. The predicted octanol–water partition coefficient (Wildman–Crippen LogP) is 1.76. The third kappa shape index (κ3) is 2.57. The average molecular weight is 192 g/mol. The third-order valence-corrected chi connectivity index (χ3v) is 2.04. The van der Waals surface area contributed by atoms with Gasteiger partial charge in [0.1, 0.15) is 0 Å². The second-order valence-electron chi connectivity index (χ2n) is 3.29. The summed E-state index contributed by atoms with van der Waals surface area (Å²) in [5, 5.41) is 9.26. The molecule has 76 valence electrons. The Balaban J connectivity index is 2.77. The summed E-state index contributed by atoms with van der Waals surface area (Å²) in [7, 11) is 1.97. The SMILES string of the molecule is C=CCN(C)c1ccc(C(C)O)nc1. The summed E-state index contributed by atoms with van der Waals surface area (Å²) >= 11 is 0.